The van der Waals surface area contributed by atoms with Gasteiger partial charge in [0.05, 0.1) is 35.3 Å². The van der Waals surface area contributed by atoms with Crippen LogP contribution in [0.2, 0.25) is 0 Å². The maximum Gasteiger partial charge on any atom is 0.262 e. The number of hydrogen-bond donors (Lipinski definition) is 1. The van der Waals surface area contributed by atoms with E-state index < -0.39 is 0 Å². The van der Waals surface area contributed by atoms with E-state index in [0.717, 1.165) is 11.0 Å². The first kappa shape index (κ1) is 22.1. The smallest absolute Gasteiger partial charge is 0.262 e. The average molecular weight is 452 g/mol. The number of nitrogens with zero attached hydrogens (tertiary/aromatic N) is 2. The molecule has 1 N–H and O–H groups in total. The van der Waals surface area contributed by atoms with Gasteiger partial charge in [0.2, 0.25) is 5.91 Å². The van der Waals surface area contributed by atoms with Crippen molar-refractivity contribution in [3.8, 4) is 0 Å². The third kappa shape index (κ3) is 4.56. The van der Waals surface area contributed by atoms with E-state index in [-0.39, 0.29) is 29.3 Å². The second-order valence-corrected chi connectivity index (χ2v) is 8.60. The van der Waals surface area contributed by atoms with Crippen molar-refractivity contribution in [3.63, 3.8) is 0 Å². The maximum atomic E-state index is 13.1. The minimum absolute atomic E-state index is 0.120. The quantitative estimate of drug-likeness (QED) is 0.317. The topological polar surface area (TPSA) is 86.4 Å². The standard InChI is InChI=1S/C24H25N3O4S/c1-15(13-30-3)27-23(29)18-9-5-6-10-19(18)26-24(27)32-14-22(28)25-16(2)21-12-17-8-4-7-11-20(17)31-21/h4-12,15-16H,13-14H2,1-3H3,(H,25,28)/t15-,16+/m1/s1. The molecule has 8 heteroatoms. The number of fused-ring (bicyclic) bond motifs is 2. The summed E-state index contributed by atoms with van der Waals surface area (Å²) in [6, 6.07) is 16.4. The third-order valence-corrected chi connectivity index (χ3v) is 6.16. The summed E-state index contributed by atoms with van der Waals surface area (Å²) in [7, 11) is 1.59. The molecule has 32 heavy (non-hydrogen) atoms. The van der Waals surface area contributed by atoms with Crippen LogP contribution in [0.5, 0.6) is 0 Å². The van der Waals surface area contributed by atoms with Crippen LogP contribution < -0.4 is 10.9 Å². The van der Waals surface area contributed by atoms with E-state index in [0.29, 0.717) is 28.4 Å². The van der Waals surface area contributed by atoms with Crippen LogP contribution in [0.3, 0.4) is 0 Å². The number of amides is 1. The van der Waals surface area contributed by atoms with Gasteiger partial charge in [-0.05, 0) is 38.1 Å². The zero-order chi connectivity index (χ0) is 22.7. The highest BCUT2D eigenvalue weighted by atomic mass is 32.2. The first-order chi connectivity index (χ1) is 15.5. The molecule has 0 aliphatic heterocycles. The monoisotopic (exact) mass is 451 g/mol. The Morgan fingerprint density at radius 2 is 1.94 bits per heavy atom. The highest BCUT2D eigenvalue weighted by Gasteiger charge is 2.19. The summed E-state index contributed by atoms with van der Waals surface area (Å²) >= 11 is 1.23. The van der Waals surface area contributed by atoms with E-state index in [1.54, 1.807) is 23.8 Å². The van der Waals surface area contributed by atoms with Gasteiger partial charge in [0.15, 0.2) is 5.16 Å². The van der Waals surface area contributed by atoms with Crippen LogP contribution in [-0.4, -0.2) is 34.9 Å². The number of furan rings is 1. The normalized spacial score (nSPS) is 13.3. The SMILES string of the molecule is COC[C@@H](C)n1c(SCC(=O)N[C@@H](C)c2cc3ccccc3o2)nc2ccccc2c1=O. The van der Waals surface area contributed by atoms with Gasteiger partial charge in [0, 0.05) is 12.5 Å². The van der Waals surface area contributed by atoms with E-state index in [1.165, 1.54) is 11.8 Å². The molecule has 0 radical (unpaired) electrons. The zero-order valence-electron chi connectivity index (χ0n) is 18.2. The number of ether oxygens (including phenoxy) is 1. The number of benzene rings is 2. The van der Waals surface area contributed by atoms with Gasteiger partial charge in [-0.2, -0.15) is 0 Å². The number of methoxy groups -OCH3 is 1. The van der Waals surface area contributed by atoms with Crippen molar-refractivity contribution in [3.05, 3.63) is 70.7 Å². The Bertz CT molecular complexity index is 1280. The van der Waals surface area contributed by atoms with Gasteiger partial charge in [-0.3, -0.25) is 14.2 Å². The molecule has 2 aromatic carbocycles. The molecule has 2 atom stereocenters. The fourth-order valence-corrected chi connectivity index (χ4v) is 4.54. The molecule has 0 saturated heterocycles. The summed E-state index contributed by atoms with van der Waals surface area (Å²) in [6.07, 6.45) is 0. The molecule has 166 valence electrons. The Morgan fingerprint density at radius 1 is 1.19 bits per heavy atom. The summed E-state index contributed by atoms with van der Waals surface area (Å²) < 4.78 is 12.7. The molecular formula is C24H25N3O4S. The molecule has 7 nitrogen and oxygen atoms in total. The maximum absolute atomic E-state index is 13.1. The number of thioether (sulfide) groups is 1. The van der Waals surface area contributed by atoms with Crippen LogP contribution in [0.15, 0.2) is 69.0 Å². The van der Waals surface area contributed by atoms with Crippen LogP contribution in [0.4, 0.5) is 0 Å². The van der Waals surface area contributed by atoms with E-state index >= 15 is 0 Å². The number of aromatic nitrogens is 2. The minimum atomic E-state index is -0.283. The van der Waals surface area contributed by atoms with Crippen molar-refractivity contribution < 1.29 is 13.9 Å². The lowest BCUT2D eigenvalue weighted by Gasteiger charge is -2.19. The molecule has 2 aromatic heterocycles. The number of carbonyl (C=O) groups excluding carboxylic acids is 1. The van der Waals surface area contributed by atoms with Crippen LogP contribution in [0.1, 0.15) is 31.7 Å². The van der Waals surface area contributed by atoms with Crippen molar-refractivity contribution in [2.45, 2.75) is 31.1 Å². The first-order valence-electron chi connectivity index (χ1n) is 10.4. The molecule has 0 fully saturated rings. The van der Waals surface area contributed by atoms with Gasteiger partial charge in [0.1, 0.15) is 11.3 Å². The minimum Gasteiger partial charge on any atom is -0.459 e. The van der Waals surface area contributed by atoms with Crippen LogP contribution >= 0.6 is 11.8 Å². The fourth-order valence-electron chi connectivity index (χ4n) is 3.63. The van der Waals surface area contributed by atoms with Gasteiger partial charge < -0.3 is 14.5 Å². The Morgan fingerprint density at radius 3 is 2.72 bits per heavy atom. The molecule has 0 aliphatic rings. The Labute approximate surface area is 189 Å². The van der Waals surface area contributed by atoms with Gasteiger partial charge in [0.25, 0.3) is 5.56 Å². The molecule has 0 aliphatic carbocycles. The highest BCUT2D eigenvalue weighted by Crippen LogP contribution is 2.24. The Hall–Kier alpha value is -3.10. The molecule has 2 heterocycles. The average Bonchev–Trinajstić information content (AvgIpc) is 3.22. The van der Waals surface area contributed by atoms with Crippen molar-refractivity contribution >= 4 is 39.5 Å². The highest BCUT2D eigenvalue weighted by molar-refractivity contribution is 7.99. The van der Waals surface area contributed by atoms with Crippen molar-refractivity contribution in [1.82, 2.24) is 14.9 Å². The molecule has 4 aromatic rings. The molecule has 0 saturated carbocycles. The predicted molar refractivity (Wildman–Crippen MR) is 126 cm³/mol. The fraction of sp³-hybridized carbons (Fsp3) is 0.292. The summed E-state index contributed by atoms with van der Waals surface area (Å²) in [4.78, 5) is 30.4. The first-order valence-corrected chi connectivity index (χ1v) is 11.4. The third-order valence-electron chi connectivity index (χ3n) is 5.21. The number of nitrogens with one attached hydrogen (secondary N) is 1. The predicted octanol–water partition coefficient (Wildman–Crippen LogP) is 4.32. The lowest BCUT2D eigenvalue weighted by Crippen LogP contribution is -2.30. The summed E-state index contributed by atoms with van der Waals surface area (Å²) in [5.41, 5.74) is 1.25. The van der Waals surface area contributed by atoms with Crippen LogP contribution in [0.25, 0.3) is 21.9 Å². The van der Waals surface area contributed by atoms with E-state index in [4.69, 9.17) is 9.15 Å². The van der Waals surface area contributed by atoms with Crippen LogP contribution in [0, 0.1) is 0 Å². The van der Waals surface area contributed by atoms with Gasteiger partial charge in [-0.15, -0.1) is 0 Å². The lowest BCUT2D eigenvalue weighted by molar-refractivity contribution is -0.119. The van der Waals surface area contributed by atoms with Crippen molar-refractivity contribution in [2.75, 3.05) is 19.5 Å². The number of hydrogen-bond acceptors (Lipinski definition) is 6. The van der Waals surface area contributed by atoms with Crippen molar-refractivity contribution in [1.29, 1.82) is 0 Å². The second-order valence-electron chi connectivity index (χ2n) is 7.66. The van der Waals surface area contributed by atoms with Crippen molar-refractivity contribution in [2.24, 2.45) is 0 Å². The zero-order valence-corrected chi connectivity index (χ0v) is 19.0. The number of rotatable bonds is 8. The Balaban J connectivity index is 1.52. The van der Waals surface area contributed by atoms with E-state index in [9.17, 15) is 9.59 Å². The molecule has 4 rings (SSSR count). The molecule has 0 bridgehead atoms. The van der Waals surface area contributed by atoms with Gasteiger partial charge >= 0.3 is 0 Å². The molecule has 0 spiro atoms. The lowest BCUT2D eigenvalue weighted by atomic mass is 10.2. The number of carbonyl (C=O) groups is 1. The summed E-state index contributed by atoms with van der Waals surface area (Å²) in [5.74, 6) is 0.644. The van der Waals surface area contributed by atoms with E-state index in [1.807, 2.05) is 56.3 Å². The van der Waals surface area contributed by atoms with Crippen LogP contribution in [-0.2, 0) is 9.53 Å². The second kappa shape index (κ2) is 9.58. The molecule has 1 amide bonds. The molecule has 0 unspecified atom stereocenters. The summed E-state index contributed by atoms with van der Waals surface area (Å²) in [5, 5.41) is 4.99. The van der Waals surface area contributed by atoms with Gasteiger partial charge in [-0.25, -0.2) is 4.98 Å². The number of para-hydroxylation sites is 2. The summed E-state index contributed by atoms with van der Waals surface area (Å²) in [6.45, 7) is 4.14. The van der Waals surface area contributed by atoms with E-state index in [2.05, 4.69) is 10.3 Å². The molecular weight excluding hydrogens is 426 g/mol. The Kier molecular flexibility index (Phi) is 6.62. The largest absolute Gasteiger partial charge is 0.459 e. The van der Waals surface area contributed by atoms with Gasteiger partial charge in [-0.1, -0.05) is 42.1 Å².